The highest BCUT2D eigenvalue weighted by Gasteiger charge is 2.12. The highest BCUT2D eigenvalue weighted by atomic mass is 35.5. The van der Waals surface area contributed by atoms with Crippen LogP contribution in [0.2, 0.25) is 5.02 Å². The summed E-state index contributed by atoms with van der Waals surface area (Å²) in [5.74, 6) is -1.13. The average molecular weight is 275 g/mol. The Labute approximate surface area is 109 Å². The van der Waals surface area contributed by atoms with E-state index in [4.69, 9.17) is 23.2 Å². The molecule has 4 nitrogen and oxygen atoms in total. The van der Waals surface area contributed by atoms with E-state index in [-0.39, 0.29) is 19.0 Å². The number of nitrogens with one attached hydrogen (secondary N) is 2. The SMILES string of the molecule is O=C(NCCCl)C(=O)NCc1ccccc1Cl. The zero-order valence-corrected chi connectivity index (χ0v) is 10.5. The standard InChI is InChI=1S/C11H12Cl2N2O2/c12-5-6-14-10(16)11(17)15-7-8-3-1-2-4-9(8)13/h1-4H,5-7H2,(H,14,16)(H,15,17). The highest BCUT2D eigenvalue weighted by Crippen LogP contribution is 2.13. The van der Waals surface area contributed by atoms with E-state index in [1.54, 1.807) is 24.3 Å². The van der Waals surface area contributed by atoms with Gasteiger partial charge in [0, 0.05) is 24.0 Å². The molecule has 0 fully saturated rings. The highest BCUT2D eigenvalue weighted by molar-refractivity contribution is 6.35. The normalized spacial score (nSPS) is 9.76. The molecule has 2 amide bonds. The van der Waals surface area contributed by atoms with Crippen LogP contribution in [0.5, 0.6) is 0 Å². The number of rotatable bonds is 4. The van der Waals surface area contributed by atoms with Crippen molar-refractivity contribution in [3.63, 3.8) is 0 Å². The van der Waals surface area contributed by atoms with Crippen molar-refractivity contribution >= 4 is 35.0 Å². The second kappa shape index (κ2) is 7.14. The van der Waals surface area contributed by atoms with Gasteiger partial charge in [0.25, 0.3) is 0 Å². The Bertz CT molecular complexity index is 410. The van der Waals surface area contributed by atoms with Crippen molar-refractivity contribution in [2.24, 2.45) is 0 Å². The molecule has 0 aliphatic rings. The van der Waals surface area contributed by atoms with Gasteiger partial charge in [0.15, 0.2) is 0 Å². The molecule has 0 bridgehead atoms. The summed E-state index contributed by atoms with van der Waals surface area (Å²) in [6.07, 6.45) is 0. The van der Waals surface area contributed by atoms with Gasteiger partial charge >= 0.3 is 11.8 Å². The molecule has 0 saturated heterocycles. The van der Waals surface area contributed by atoms with E-state index in [9.17, 15) is 9.59 Å². The van der Waals surface area contributed by atoms with Crippen LogP contribution in [0.15, 0.2) is 24.3 Å². The van der Waals surface area contributed by atoms with Crippen molar-refractivity contribution in [2.45, 2.75) is 6.54 Å². The minimum atomic E-state index is -0.699. The number of carbonyl (C=O) groups excluding carboxylic acids is 2. The summed E-state index contributed by atoms with van der Waals surface area (Å²) in [6.45, 7) is 0.479. The molecule has 2 N–H and O–H groups in total. The van der Waals surface area contributed by atoms with Gasteiger partial charge in [-0.25, -0.2) is 0 Å². The molecular weight excluding hydrogens is 263 g/mol. The first kappa shape index (κ1) is 13.8. The maximum atomic E-state index is 11.3. The third-order valence-electron chi connectivity index (χ3n) is 1.98. The van der Waals surface area contributed by atoms with Crippen molar-refractivity contribution in [2.75, 3.05) is 12.4 Å². The quantitative estimate of drug-likeness (QED) is 0.643. The summed E-state index contributed by atoms with van der Waals surface area (Å²) in [5.41, 5.74) is 0.757. The lowest BCUT2D eigenvalue weighted by Crippen LogP contribution is -2.40. The Morgan fingerprint density at radius 1 is 1.12 bits per heavy atom. The van der Waals surface area contributed by atoms with Gasteiger partial charge in [0.2, 0.25) is 0 Å². The van der Waals surface area contributed by atoms with Gasteiger partial charge in [0.05, 0.1) is 0 Å². The summed E-state index contributed by atoms with van der Waals surface area (Å²) in [4.78, 5) is 22.5. The lowest BCUT2D eigenvalue weighted by Gasteiger charge is -2.06. The Balaban J connectivity index is 2.43. The molecule has 1 aromatic rings. The minimum absolute atomic E-state index is 0.215. The second-order valence-electron chi connectivity index (χ2n) is 3.22. The van der Waals surface area contributed by atoms with Crippen molar-refractivity contribution < 1.29 is 9.59 Å². The van der Waals surface area contributed by atoms with Gasteiger partial charge in [-0.2, -0.15) is 0 Å². The third kappa shape index (κ3) is 4.63. The first-order chi connectivity index (χ1) is 8.15. The van der Waals surface area contributed by atoms with Gasteiger partial charge < -0.3 is 10.6 Å². The Morgan fingerprint density at radius 2 is 1.76 bits per heavy atom. The number of benzene rings is 1. The van der Waals surface area contributed by atoms with Crippen LogP contribution in [0.4, 0.5) is 0 Å². The molecule has 1 aromatic carbocycles. The first-order valence-corrected chi connectivity index (χ1v) is 5.91. The Morgan fingerprint density at radius 3 is 2.41 bits per heavy atom. The maximum absolute atomic E-state index is 11.3. The molecule has 6 heteroatoms. The van der Waals surface area contributed by atoms with Crippen LogP contribution in [0.3, 0.4) is 0 Å². The molecule has 0 radical (unpaired) electrons. The van der Waals surface area contributed by atoms with Crippen LogP contribution in [0, 0.1) is 0 Å². The van der Waals surface area contributed by atoms with Gasteiger partial charge in [-0.1, -0.05) is 29.8 Å². The van der Waals surface area contributed by atoms with Gasteiger partial charge in [0.1, 0.15) is 0 Å². The van der Waals surface area contributed by atoms with Crippen LogP contribution in [-0.2, 0) is 16.1 Å². The van der Waals surface area contributed by atoms with E-state index in [2.05, 4.69) is 10.6 Å². The molecule has 0 spiro atoms. The van der Waals surface area contributed by atoms with E-state index in [1.807, 2.05) is 0 Å². The maximum Gasteiger partial charge on any atom is 0.309 e. The number of amides is 2. The largest absolute Gasteiger partial charge is 0.347 e. The Kier molecular flexibility index (Phi) is 5.80. The van der Waals surface area contributed by atoms with E-state index in [1.165, 1.54) is 0 Å². The molecular formula is C11H12Cl2N2O2. The van der Waals surface area contributed by atoms with Crippen LogP contribution >= 0.6 is 23.2 Å². The first-order valence-electron chi connectivity index (χ1n) is 5.00. The number of halogens is 2. The lowest BCUT2D eigenvalue weighted by molar-refractivity contribution is -0.139. The fraction of sp³-hybridized carbons (Fsp3) is 0.273. The molecule has 0 atom stereocenters. The van der Waals surface area contributed by atoms with Crippen LogP contribution in [-0.4, -0.2) is 24.2 Å². The predicted octanol–water partition coefficient (Wildman–Crippen LogP) is 1.31. The molecule has 0 unspecified atom stereocenters. The third-order valence-corrected chi connectivity index (χ3v) is 2.54. The van der Waals surface area contributed by atoms with Crippen molar-refractivity contribution in [1.29, 1.82) is 0 Å². The van der Waals surface area contributed by atoms with Gasteiger partial charge in [-0.3, -0.25) is 9.59 Å². The Hall–Kier alpha value is -1.26. The molecule has 0 aliphatic heterocycles. The fourth-order valence-electron chi connectivity index (χ4n) is 1.14. The van der Waals surface area contributed by atoms with Crippen molar-refractivity contribution in [3.8, 4) is 0 Å². The molecule has 17 heavy (non-hydrogen) atoms. The number of carbonyl (C=O) groups is 2. The summed E-state index contributed by atoms with van der Waals surface area (Å²) in [5, 5.41) is 5.39. The van der Waals surface area contributed by atoms with Crippen molar-refractivity contribution in [3.05, 3.63) is 34.9 Å². The van der Waals surface area contributed by atoms with Crippen molar-refractivity contribution in [1.82, 2.24) is 10.6 Å². The summed E-state index contributed by atoms with van der Waals surface area (Å²) in [7, 11) is 0. The summed E-state index contributed by atoms with van der Waals surface area (Å²) >= 11 is 11.3. The zero-order valence-electron chi connectivity index (χ0n) is 9.00. The summed E-state index contributed by atoms with van der Waals surface area (Å²) in [6, 6.07) is 7.09. The van der Waals surface area contributed by atoms with Crippen LogP contribution in [0.25, 0.3) is 0 Å². The topological polar surface area (TPSA) is 58.2 Å². The van der Waals surface area contributed by atoms with E-state index in [0.717, 1.165) is 5.56 Å². The molecule has 0 heterocycles. The van der Waals surface area contributed by atoms with E-state index in [0.29, 0.717) is 5.02 Å². The number of hydrogen-bond acceptors (Lipinski definition) is 2. The average Bonchev–Trinajstić information content (AvgIpc) is 2.34. The predicted molar refractivity (Wildman–Crippen MR) is 67.0 cm³/mol. The summed E-state index contributed by atoms with van der Waals surface area (Å²) < 4.78 is 0. The molecule has 1 rings (SSSR count). The van der Waals surface area contributed by atoms with Gasteiger partial charge in [-0.05, 0) is 11.6 Å². The fourth-order valence-corrected chi connectivity index (χ4v) is 1.44. The lowest BCUT2D eigenvalue weighted by atomic mass is 10.2. The second-order valence-corrected chi connectivity index (χ2v) is 4.00. The van der Waals surface area contributed by atoms with E-state index < -0.39 is 11.8 Å². The molecule has 92 valence electrons. The monoisotopic (exact) mass is 274 g/mol. The molecule has 0 aliphatic carbocycles. The number of alkyl halides is 1. The zero-order chi connectivity index (χ0) is 12.7. The van der Waals surface area contributed by atoms with Crippen LogP contribution < -0.4 is 10.6 Å². The molecule has 0 aromatic heterocycles. The number of hydrogen-bond donors (Lipinski definition) is 2. The van der Waals surface area contributed by atoms with E-state index >= 15 is 0 Å². The van der Waals surface area contributed by atoms with Gasteiger partial charge in [-0.15, -0.1) is 11.6 Å². The minimum Gasteiger partial charge on any atom is -0.347 e. The smallest absolute Gasteiger partial charge is 0.309 e. The van der Waals surface area contributed by atoms with Crippen LogP contribution in [0.1, 0.15) is 5.56 Å². The molecule has 0 saturated carbocycles.